The van der Waals surface area contributed by atoms with Gasteiger partial charge in [-0.05, 0) is 57.5 Å². The molecule has 0 fully saturated rings. The molecule has 0 aliphatic carbocycles. The minimum Gasteiger partial charge on any atom is -0.481 e. The molecule has 1 rings (SSSR count). The van der Waals surface area contributed by atoms with E-state index in [1.54, 1.807) is 0 Å². The fourth-order valence-corrected chi connectivity index (χ4v) is 2.31. The van der Waals surface area contributed by atoms with Gasteiger partial charge in [0.05, 0.1) is 0 Å². The highest BCUT2D eigenvalue weighted by Crippen LogP contribution is 2.18. The van der Waals surface area contributed by atoms with Gasteiger partial charge in [-0.2, -0.15) is 0 Å². The number of nitrogens with zero attached hydrogens (tertiary/aromatic N) is 1. The van der Waals surface area contributed by atoms with Crippen molar-refractivity contribution in [3.63, 3.8) is 0 Å². The van der Waals surface area contributed by atoms with E-state index in [1.807, 2.05) is 7.05 Å². The summed E-state index contributed by atoms with van der Waals surface area (Å²) < 4.78 is 0. The average molecular weight is 249 g/mol. The second-order valence-electron chi connectivity index (χ2n) is 5.11. The summed E-state index contributed by atoms with van der Waals surface area (Å²) in [5.41, 5.74) is 5.29. The third-order valence-electron chi connectivity index (χ3n) is 3.20. The van der Waals surface area contributed by atoms with Crippen LogP contribution in [0.3, 0.4) is 0 Å². The van der Waals surface area contributed by atoms with Gasteiger partial charge < -0.3 is 10.0 Å². The van der Waals surface area contributed by atoms with Crippen LogP contribution in [0.25, 0.3) is 0 Å². The maximum atomic E-state index is 10.5. The summed E-state index contributed by atoms with van der Waals surface area (Å²) in [4.78, 5) is 12.7. The molecule has 1 aromatic carbocycles. The van der Waals surface area contributed by atoms with E-state index in [2.05, 4.69) is 37.8 Å². The normalized spacial score (nSPS) is 10.9. The Balaban J connectivity index is 2.59. The predicted molar refractivity (Wildman–Crippen MR) is 73.9 cm³/mol. The number of aliphatic carboxylic acids is 1. The third kappa shape index (κ3) is 4.49. The number of benzene rings is 1. The van der Waals surface area contributed by atoms with E-state index < -0.39 is 5.97 Å². The minimum atomic E-state index is -0.717. The van der Waals surface area contributed by atoms with Crippen molar-refractivity contribution in [3.8, 4) is 0 Å². The second-order valence-corrected chi connectivity index (χ2v) is 5.11. The maximum absolute atomic E-state index is 10.5. The molecule has 1 N–H and O–H groups in total. The first kappa shape index (κ1) is 14.7. The molecule has 0 aliphatic heterocycles. The topological polar surface area (TPSA) is 40.5 Å². The summed E-state index contributed by atoms with van der Waals surface area (Å²) in [5, 5.41) is 8.62. The Morgan fingerprint density at radius 2 is 1.78 bits per heavy atom. The number of hydrogen-bond donors (Lipinski definition) is 1. The molecule has 0 amide bonds. The fraction of sp³-hybridized carbons (Fsp3) is 0.533. The van der Waals surface area contributed by atoms with Gasteiger partial charge in [0.1, 0.15) is 0 Å². The van der Waals surface area contributed by atoms with E-state index >= 15 is 0 Å². The molecule has 0 aliphatic rings. The lowest BCUT2D eigenvalue weighted by Gasteiger charge is -2.19. The summed E-state index contributed by atoms with van der Waals surface area (Å²) >= 11 is 0. The van der Waals surface area contributed by atoms with Crippen LogP contribution in [-0.4, -0.2) is 29.6 Å². The van der Waals surface area contributed by atoms with Crippen molar-refractivity contribution in [2.45, 2.75) is 40.2 Å². The molecule has 0 heterocycles. The first-order valence-electron chi connectivity index (χ1n) is 6.37. The van der Waals surface area contributed by atoms with Crippen LogP contribution >= 0.6 is 0 Å². The van der Waals surface area contributed by atoms with Crippen molar-refractivity contribution in [3.05, 3.63) is 34.4 Å². The number of aryl methyl sites for hydroxylation is 3. The van der Waals surface area contributed by atoms with Gasteiger partial charge >= 0.3 is 5.97 Å². The molecule has 3 nitrogen and oxygen atoms in total. The Morgan fingerprint density at radius 1 is 1.22 bits per heavy atom. The third-order valence-corrected chi connectivity index (χ3v) is 3.20. The van der Waals surface area contributed by atoms with Crippen molar-refractivity contribution in [2.75, 3.05) is 13.6 Å². The van der Waals surface area contributed by atoms with Crippen LogP contribution in [0.15, 0.2) is 12.1 Å². The van der Waals surface area contributed by atoms with Crippen molar-refractivity contribution in [1.82, 2.24) is 4.90 Å². The van der Waals surface area contributed by atoms with Crippen LogP contribution in [0.2, 0.25) is 0 Å². The molecule has 0 bridgehead atoms. The van der Waals surface area contributed by atoms with Gasteiger partial charge in [0.2, 0.25) is 0 Å². The van der Waals surface area contributed by atoms with Crippen LogP contribution in [0.5, 0.6) is 0 Å². The van der Waals surface area contributed by atoms with Crippen molar-refractivity contribution < 1.29 is 9.90 Å². The van der Waals surface area contributed by atoms with E-state index in [-0.39, 0.29) is 6.42 Å². The molecule has 0 radical (unpaired) electrons. The lowest BCUT2D eigenvalue weighted by molar-refractivity contribution is -0.137. The highest BCUT2D eigenvalue weighted by molar-refractivity contribution is 5.66. The molecular weight excluding hydrogens is 226 g/mol. The quantitative estimate of drug-likeness (QED) is 0.842. The van der Waals surface area contributed by atoms with Gasteiger partial charge in [-0.1, -0.05) is 17.7 Å². The summed E-state index contributed by atoms with van der Waals surface area (Å²) in [6, 6.07) is 4.40. The summed E-state index contributed by atoms with van der Waals surface area (Å²) in [6.45, 7) is 8.10. The van der Waals surface area contributed by atoms with Crippen LogP contribution < -0.4 is 0 Å². The number of carboxylic acid groups (broad SMARTS) is 1. The summed E-state index contributed by atoms with van der Waals surface area (Å²) in [5.74, 6) is -0.717. The average Bonchev–Trinajstić information content (AvgIpc) is 2.22. The number of carboxylic acids is 1. The molecule has 3 heteroatoms. The summed E-state index contributed by atoms with van der Waals surface area (Å²) in [7, 11) is 2.04. The van der Waals surface area contributed by atoms with Crippen LogP contribution in [0, 0.1) is 20.8 Å². The largest absolute Gasteiger partial charge is 0.481 e. The standard InChI is InChI=1S/C15H23NO2/c1-11-8-12(2)14(13(3)9-11)10-16(4)7-5-6-15(17)18/h8-9H,5-7,10H2,1-4H3,(H,17,18). The van der Waals surface area contributed by atoms with Gasteiger partial charge in [-0.3, -0.25) is 4.79 Å². The van der Waals surface area contributed by atoms with E-state index in [1.165, 1.54) is 22.3 Å². The van der Waals surface area contributed by atoms with Crippen molar-refractivity contribution in [1.29, 1.82) is 0 Å². The molecule has 0 unspecified atom stereocenters. The number of hydrogen-bond acceptors (Lipinski definition) is 2. The monoisotopic (exact) mass is 249 g/mol. The zero-order valence-corrected chi connectivity index (χ0v) is 11.8. The second kappa shape index (κ2) is 6.55. The Kier molecular flexibility index (Phi) is 5.35. The van der Waals surface area contributed by atoms with E-state index in [4.69, 9.17) is 5.11 Å². The molecule has 100 valence electrons. The minimum absolute atomic E-state index is 0.246. The van der Waals surface area contributed by atoms with Crippen molar-refractivity contribution >= 4 is 5.97 Å². The predicted octanol–water partition coefficient (Wildman–Crippen LogP) is 2.91. The Labute approximate surface area is 109 Å². The Hall–Kier alpha value is -1.35. The SMILES string of the molecule is Cc1cc(C)c(CN(C)CCCC(=O)O)c(C)c1. The van der Waals surface area contributed by atoms with E-state index in [9.17, 15) is 4.79 Å². The first-order valence-corrected chi connectivity index (χ1v) is 6.37. The summed E-state index contributed by atoms with van der Waals surface area (Å²) in [6.07, 6.45) is 0.950. The number of carbonyl (C=O) groups is 1. The zero-order valence-electron chi connectivity index (χ0n) is 11.8. The Morgan fingerprint density at radius 3 is 2.28 bits per heavy atom. The molecule has 0 saturated heterocycles. The van der Waals surface area contributed by atoms with E-state index in [0.717, 1.165) is 13.1 Å². The Bertz CT molecular complexity index is 403. The van der Waals surface area contributed by atoms with Gasteiger partial charge in [-0.15, -0.1) is 0 Å². The fourth-order valence-electron chi connectivity index (χ4n) is 2.31. The zero-order chi connectivity index (χ0) is 13.7. The molecule has 0 spiro atoms. The van der Waals surface area contributed by atoms with Gasteiger partial charge in [0.15, 0.2) is 0 Å². The highest BCUT2D eigenvalue weighted by atomic mass is 16.4. The van der Waals surface area contributed by atoms with Gasteiger partial charge in [0, 0.05) is 13.0 Å². The molecule has 0 aromatic heterocycles. The van der Waals surface area contributed by atoms with Gasteiger partial charge in [0.25, 0.3) is 0 Å². The molecule has 0 atom stereocenters. The molecule has 0 saturated carbocycles. The lowest BCUT2D eigenvalue weighted by Crippen LogP contribution is -2.21. The first-order chi connectivity index (χ1) is 8.40. The molecule has 18 heavy (non-hydrogen) atoms. The molecule has 1 aromatic rings. The van der Waals surface area contributed by atoms with Crippen LogP contribution in [0.1, 0.15) is 35.1 Å². The van der Waals surface area contributed by atoms with E-state index in [0.29, 0.717) is 6.42 Å². The van der Waals surface area contributed by atoms with Crippen molar-refractivity contribution in [2.24, 2.45) is 0 Å². The smallest absolute Gasteiger partial charge is 0.303 e. The number of rotatable bonds is 6. The lowest BCUT2D eigenvalue weighted by atomic mass is 9.99. The molecular formula is C15H23NO2. The van der Waals surface area contributed by atoms with Crippen LogP contribution in [-0.2, 0) is 11.3 Å². The maximum Gasteiger partial charge on any atom is 0.303 e. The highest BCUT2D eigenvalue weighted by Gasteiger charge is 2.07. The van der Waals surface area contributed by atoms with Gasteiger partial charge in [-0.25, -0.2) is 0 Å². The van der Waals surface area contributed by atoms with Crippen LogP contribution in [0.4, 0.5) is 0 Å².